The summed E-state index contributed by atoms with van der Waals surface area (Å²) in [5, 5.41) is 3.28. The van der Waals surface area contributed by atoms with Gasteiger partial charge in [-0.3, -0.25) is 0 Å². The van der Waals surface area contributed by atoms with Crippen molar-refractivity contribution in [2.24, 2.45) is 11.7 Å². The zero-order valence-corrected chi connectivity index (χ0v) is 25.2. The van der Waals surface area contributed by atoms with Gasteiger partial charge in [-0.1, -0.05) is 11.8 Å². The first kappa shape index (κ1) is 31.4. The Morgan fingerprint density at radius 2 is 1.98 bits per heavy atom. The zero-order valence-electron chi connectivity index (χ0n) is 24.4. The van der Waals surface area contributed by atoms with Crippen LogP contribution in [0.4, 0.5) is 21.7 Å². The molecule has 2 aliphatic rings. The van der Waals surface area contributed by atoms with Gasteiger partial charge in [0.15, 0.2) is 5.82 Å². The average molecular weight is 596 g/mol. The highest BCUT2D eigenvalue weighted by Gasteiger charge is 2.21. The summed E-state index contributed by atoms with van der Waals surface area (Å²) < 4.78 is 26.3. The fraction of sp³-hybridized carbons (Fsp3) is 0.452. The van der Waals surface area contributed by atoms with E-state index >= 15 is 4.39 Å². The quantitative estimate of drug-likeness (QED) is 0.379. The number of hydrogen-bond donors (Lipinski definition) is 2. The molecule has 42 heavy (non-hydrogen) atoms. The Hall–Kier alpha value is -3.49. The standard InChI is InChI=1S/C31H38FN7O2.ClH/c1-38(2)19-22-15-25(32)30(27(16-22)40-3)31-34-11-8-28(37-31)36-29-17-26(39-12-4-5-24(33)20-39)23(18-35-29)7-6-21-9-13-41-14-10-21;/h8,11,15-18,21,24H,4-5,9-10,12-14,19-20,33H2,1-3H3,(H,34,35,36,37);1H/t24-;/m0./s1. The number of aromatic nitrogens is 3. The first-order valence-electron chi connectivity index (χ1n) is 14.1. The summed E-state index contributed by atoms with van der Waals surface area (Å²) >= 11 is 0. The van der Waals surface area contributed by atoms with E-state index in [1.807, 2.05) is 31.1 Å². The summed E-state index contributed by atoms with van der Waals surface area (Å²) in [6.07, 6.45) is 7.33. The number of nitrogens with two attached hydrogens (primary N) is 1. The van der Waals surface area contributed by atoms with Crippen LogP contribution >= 0.6 is 12.4 Å². The molecule has 2 aromatic heterocycles. The van der Waals surface area contributed by atoms with E-state index in [1.54, 1.807) is 18.5 Å². The van der Waals surface area contributed by atoms with Gasteiger partial charge in [0, 0.05) is 63.3 Å². The SMILES string of the molecule is COc1cc(CN(C)C)cc(F)c1-c1nccc(Nc2cc(N3CCC[C@H](N)C3)c(C#CC3CCOCC3)cn2)n1.Cl. The predicted octanol–water partition coefficient (Wildman–Crippen LogP) is 4.62. The van der Waals surface area contributed by atoms with Gasteiger partial charge in [-0.15, -0.1) is 12.4 Å². The van der Waals surface area contributed by atoms with Crippen LogP contribution in [0.25, 0.3) is 11.4 Å². The molecule has 2 saturated heterocycles. The van der Waals surface area contributed by atoms with Crippen LogP contribution in [0.15, 0.2) is 36.7 Å². The lowest BCUT2D eigenvalue weighted by molar-refractivity contribution is 0.0807. The second kappa shape index (κ2) is 14.6. The molecule has 0 amide bonds. The first-order chi connectivity index (χ1) is 19.9. The van der Waals surface area contributed by atoms with Crippen LogP contribution in [0.3, 0.4) is 0 Å². The topological polar surface area (TPSA) is 102 Å². The van der Waals surface area contributed by atoms with Gasteiger partial charge in [0.05, 0.1) is 23.9 Å². The minimum absolute atomic E-state index is 0. The van der Waals surface area contributed by atoms with Gasteiger partial charge in [-0.2, -0.15) is 0 Å². The summed E-state index contributed by atoms with van der Waals surface area (Å²) in [6, 6.07) is 7.15. The van der Waals surface area contributed by atoms with Crippen molar-refractivity contribution >= 4 is 29.7 Å². The molecule has 5 rings (SSSR count). The average Bonchev–Trinajstić information content (AvgIpc) is 2.96. The lowest BCUT2D eigenvalue weighted by Crippen LogP contribution is -2.43. The van der Waals surface area contributed by atoms with Gasteiger partial charge in [0.25, 0.3) is 0 Å². The maximum absolute atomic E-state index is 15.3. The number of halogens is 2. The first-order valence-corrected chi connectivity index (χ1v) is 14.1. The maximum Gasteiger partial charge on any atom is 0.168 e. The van der Waals surface area contributed by atoms with E-state index in [2.05, 4.69) is 37.0 Å². The summed E-state index contributed by atoms with van der Waals surface area (Å²) in [5.74, 6) is 8.41. The third-order valence-corrected chi connectivity index (χ3v) is 7.28. The van der Waals surface area contributed by atoms with Gasteiger partial charge < -0.3 is 30.3 Å². The Balaban J connectivity index is 0.00000405. The van der Waals surface area contributed by atoms with E-state index in [1.165, 1.54) is 13.2 Å². The number of rotatable bonds is 7. The molecule has 0 spiro atoms. The van der Waals surface area contributed by atoms with Gasteiger partial charge in [-0.05, 0) is 63.5 Å². The molecular formula is C31H39ClFN7O2. The molecule has 1 aromatic carbocycles. The van der Waals surface area contributed by atoms with Crippen molar-refractivity contribution in [2.75, 3.05) is 57.7 Å². The smallest absolute Gasteiger partial charge is 0.168 e. The lowest BCUT2D eigenvalue weighted by atomic mass is 10.0. The molecule has 3 aromatic rings. The molecule has 0 bridgehead atoms. The fourth-order valence-electron chi connectivity index (χ4n) is 5.27. The number of pyridine rings is 1. The molecule has 2 fully saturated rings. The Morgan fingerprint density at radius 3 is 2.71 bits per heavy atom. The van der Waals surface area contributed by atoms with Crippen LogP contribution in [0.1, 0.15) is 36.8 Å². The fourth-order valence-corrected chi connectivity index (χ4v) is 5.27. The number of benzene rings is 1. The van der Waals surface area contributed by atoms with E-state index in [0.29, 0.717) is 29.8 Å². The molecule has 11 heteroatoms. The summed E-state index contributed by atoms with van der Waals surface area (Å²) in [7, 11) is 5.38. The minimum atomic E-state index is -0.437. The van der Waals surface area contributed by atoms with Crippen molar-refractivity contribution < 1.29 is 13.9 Å². The van der Waals surface area contributed by atoms with Gasteiger partial charge >= 0.3 is 0 Å². The van der Waals surface area contributed by atoms with Gasteiger partial charge in [-0.25, -0.2) is 19.3 Å². The largest absolute Gasteiger partial charge is 0.496 e. The highest BCUT2D eigenvalue weighted by molar-refractivity contribution is 5.85. The minimum Gasteiger partial charge on any atom is -0.496 e. The van der Waals surface area contributed by atoms with Crippen molar-refractivity contribution in [1.29, 1.82) is 0 Å². The van der Waals surface area contributed by atoms with Gasteiger partial charge in [0.2, 0.25) is 0 Å². The highest BCUT2D eigenvalue weighted by atomic mass is 35.5. The van der Waals surface area contributed by atoms with Crippen molar-refractivity contribution in [1.82, 2.24) is 19.9 Å². The number of hydrogen-bond acceptors (Lipinski definition) is 9. The van der Waals surface area contributed by atoms with E-state index in [-0.39, 0.29) is 29.8 Å². The molecule has 1 atom stereocenters. The van der Waals surface area contributed by atoms with E-state index < -0.39 is 5.82 Å². The summed E-state index contributed by atoms with van der Waals surface area (Å²) in [6.45, 7) is 3.76. The predicted molar refractivity (Wildman–Crippen MR) is 166 cm³/mol. The number of nitrogens with zero attached hydrogens (tertiary/aromatic N) is 5. The molecule has 9 nitrogen and oxygen atoms in total. The summed E-state index contributed by atoms with van der Waals surface area (Å²) in [5.41, 5.74) is 9.22. The van der Waals surface area contributed by atoms with Crippen LogP contribution in [-0.4, -0.2) is 73.4 Å². The third-order valence-electron chi connectivity index (χ3n) is 7.28. The molecule has 2 aliphatic heterocycles. The second-order valence-electron chi connectivity index (χ2n) is 10.9. The lowest BCUT2D eigenvalue weighted by Gasteiger charge is -2.33. The van der Waals surface area contributed by atoms with Crippen LogP contribution in [0.2, 0.25) is 0 Å². The number of anilines is 3. The number of piperidine rings is 1. The zero-order chi connectivity index (χ0) is 28.8. The van der Waals surface area contributed by atoms with Gasteiger partial charge in [0.1, 0.15) is 23.2 Å². The van der Waals surface area contributed by atoms with Crippen LogP contribution in [0, 0.1) is 23.6 Å². The van der Waals surface area contributed by atoms with Crippen molar-refractivity contribution in [2.45, 2.75) is 38.3 Å². The Kier molecular flexibility index (Phi) is 10.9. The number of methoxy groups -OCH3 is 1. The molecule has 224 valence electrons. The molecule has 0 unspecified atom stereocenters. The normalized spacial score (nSPS) is 17.3. The van der Waals surface area contributed by atoms with Crippen molar-refractivity contribution in [3.8, 4) is 29.0 Å². The number of nitrogens with one attached hydrogen (secondary N) is 1. The highest BCUT2D eigenvalue weighted by Crippen LogP contribution is 2.33. The molecule has 4 heterocycles. The monoisotopic (exact) mass is 595 g/mol. The molecule has 3 N–H and O–H groups in total. The Labute approximate surface area is 253 Å². The Morgan fingerprint density at radius 1 is 1.17 bits per heavy atom. The van der Waals surface area contributed by atoms with E-state index in [9.17, 15) is 0 Å². The molecule has 0 radical (unpaired) electrons. The molecule has 0 saturated carbocycles. The van der Waals surface area contributed by atoms with Crippen LogP contribution in [-0.2, 0) is 11.3 Å². The number of ether oxygens (including phenoxy) is 2. The van der Waals surface area contributed by atoms with Crippen molar-refractivity contribution in [3.63, 3.8) is 0 Å². The van der Waals surface area contributed by atoms with Crippen LogP contribution in [0.5, 0.6) is 5.75 Å². The molecule has 0 aliphatic carbocycles. The van der Waals surface area contributed by atoms with Crippen LogP contribution < -0.4 is 20.7 Å². The summed E-state index contributed by atoms with van der Waals surface area (Å²) in [4.78, 5) is 17.8. The van der Waals surface area contributed by atoms with E-state index in [4.69, 9.17) is 15.2 Å². The van der Waals surface area contributed by atoms with Crippen molar-refractivity contribution in [3.05, 3.63) is 53.6 Å². The van der Waals surface area contributed by atoms with E-state index in [0.717, 1.165) is 68.8 Å². The maximum atomic E-state index is 15.3. The third kappa shape index (κ3) is 7.86. The molecular weight excluding hydrogens is 557 g/mol. The Bertz CT molecular complexity index is 1420. The second-order valence-corrected chi connectivity index (χ2v) is 10.9.